The van der Waals surface area contributed by atoms with Crippen molar-refractivity contribution in [2.45, 2.75) is 37.3 Å². The summed E-state index contributed by atoms with van der Waals surface area (Å²) >= 11 is 7.59. The highest BCUT2D eigenvalue weighted by atomic mass is 35.5. The molecular weight excluding hydrogens is 274 g/mol. The topological polar surface area (TPSA) is 81.1 Å². The predicted molar refractivity (Wildman–Crippen MR) is 73.9 cm³/mol. The quantitative estimate of drug-likeness (QED) is 0.865. The Labute approximate surface area is 116 Å². The normalized spacial score (nSPS) is 13.7. The number of hydrogen-bond acceptors (Lipinski definition) is 4. The second-order valence-electron chi connectivity index (χ2n) is 4.69. The molecule has 3 N–H and O–H groups in total. The second kappa shape index (κ2) is 5.50. The Morgan fingerprint density at radius 2 is 2.22 bits per heavy atom. The molecular formula is C11H18ClN3O2S. The number of carboxylic acids is 1. The highest BCUT2D eigenvalue weighted by Crippen LogP contribution is 2.33. The second-order valence-corrected chi connectivity index (χ2v) is 6.67. The van der Waals surface area contributed by atoms with Crippen LogP contribution < -0.4 is 5.73 Å². The Hall–Kier alpha value is -0.720. The van der Waals surface area contributed by atoms with E-state index >= 15 is 0 Å². The van der Waals surface area contributed by atoms with Crippen molar-refractivity contribution in [1.29, 1.82) is 0 Å². The fraction of sp³-hybridized carbons (Fsp3) is 0.636. The molecule has 5 nitrogen and oxygen atoms in total. The van der Waals surface area contributed by atoms with Gasteiger partial charge in [0.05, 0.1) is 5.69 Å². The standard InChI is InChI=1S/C11H18ClN3O2S/c1-6-7(9(12)15(4)14-6)5-18-11(2,3)8(13)10(16)17/h8H,5,13H2,1-4H3,(H,16,17)/t8-/m0/s1. The van der Waals surface area contributed by atoms with Crippen LogP contribution in [0.25, 0.3) is 0 Å². The van der Waals surface area contributed by atoms with Crippen LogP contribution in [-0.2, 0) is 17.6 Å². The molecule has 0 aliphatic carbocycles. The number of aliphatic carboxylic acids is 1. The molecule has 1 aromatic heterocycles. The van der Waals surface area contributed by atoms with Crippen LogP contribution in [0.2, 0.25) is 5.15 Å². The third-order valence-electron chi connectivity index (χ3n) is 2.87. The van der Waals surface area contributed by atoms with Crippen LogP contribution in [0.3, 0.4) is 0 Å². The fourth-order valence-electron chi connectivity index (χ4n) is 1.48. The average molecular weight is 292 g/mol. The highest BCUT2D eigenvalue weighted by Gasteiger charge is 2.33. The Kier molecular flexibility index (Phi) is 4.69. The van der Waals surface area contributed by atoms with Crippen molar-refractivity contribution < 1.29 is 9.90 Å². The minimum atomic E-state index is -0.999. The van der Waals surface area contributed by atoms with Gasteiger partial charge in [-0.1, -0.05) is 11.6 Å². The number of carbonyl (C=O) groups is 1. The van der Waals surface area contributed by atoms with Crippen LogP contribution in [0.5, 0.6) is 0 Å². The first-order valence-electron chi connectivity index (χ1n) is 5.47. The average Bonchev–Trinajstić information content (AvgIpc) is 2.50. The number of nitrogens with two attached hydrogens (primary N) is 1. The highest BCUT2D eigenvalue weighted by molar-refractivity contribution is 7.99. The molecule has 0 aliphatic rings. The molecule has 7 heteroatoms. The number of rotatable bonds is 5. The lowest BCUT2D eigenvalue weighted by Gasteiger charge is -2.27. The lowest BCUT2D eigenvalue weighted by atomic mass is 10.1. The summed E-state index contributed by atoms with van der Waals surface area (Å²) in [4.78, 5) is 10.9. The number of carboxylic acid groups (broad SMARTS) is 1. The van der Waals surface area contributed by atoms with E-state index in [9.17, 15) is 4.79 Å². The van der Waals surface area contributed by atoms with E-state index < -0.39 is 16.8 Å². The zero-order valence-electron chi connectivity index (χ0n) is 10.9. The molecule has 0 aliphatic heterocycles. The zero-order valence-corrected chi connectivity index (χ0v) is 12.5. The van der Waals surface area contributed by atoms with Gasteiger partial charge in [-0.25, -0.2) is 0 Å². The van der Waals surface area contributed by atoms with E-state index in [1.807, 2.05) is 20.8 Å². The number of halogens is 1. The molecule has 0 saturated heterocycles. The zero-order chi connectivity index (χ0) is 14.1. The van der Waals surface area contributed by atoms with Gasteiger partial charge < -0.3 is 10.8 Å². The molecule has 0 spiro atoms. The van der Waals surface area contributed by atoms with Crippen LogP contribution in [-0.4, -0.2) is 31.6 Å². The summed E-state index contributed by atoms with van der Waals surface area (Å²) < 4.78 is 1.04. The Morgan fingerprint density at radius 1 is 1.67 bits per heavy atom. The van der Waals surface area contributed by atoms with Gasteiger partial charge in [0.25, 0.3) is 0 Å². The molecule has 0 amide bonds. The van der Waals surface area contributed by atoms with Gasteiger partial charge in [-0.15, -0.1) is 11.8 Å². The summed E-state index contributed by atoms with van der Waals surface area (Å²) in [5, 5.41) is 13.7. The minimum absolute atomic E-state index is 0.572. The van der Waals surface area contributed by atoms with E-state index in [1.165, 1.54) is 11.8 Å². The van der Waals surface area contributed by atoms with Crippen LogP contribution in [0, 0.1) is 6.92 Å². The van der Waals surface area contributed by atoms with E-state index in [4.69, 9.17) is 22.4 Å². The monoisotopic (exact) mass is 291 g/mol. The summed E-state index contributed by atoms with van der Waals surface area (Å²) in [6, 6.07) is -0.918. The molecule has 0 unspecified atom stereocenters. The number of nitrogens with zero attached hydrogens (tertiary/aromatic N) is 2. The van der Waals surface area contributed by atoms with Gasteiger partial charge in [0.1, 0.15) is 11.2 Å². The lowest BCUT2D eigenvalue weighted by Crippen LogP contribution is -2.46. The van der Waals surface area contributed by atoms with Crippen LogP contribution in [0.15, 0.2) is 0 Å². The van der Waals surface area contributed by atoms with Gasteiger partial charge in [0.15, 0.2) is 0 Å². The van der Waals surface area contributed by atoms with Gasteiger partial charge in [0, 0.05) is 23.1 Å². The number of hydrogen-bond donors (Lipinski definition) is 2. The predicted octanol–water partition coefficient (Wildman–Crippen LogP) is 1.81. The van der Waals surface area contributed by atoms with Gasteiger partial charge in [-0.2, -0.15) is 5.10 Å². The van der Waals surface area contributed by atoms with Crippen LogP contribution in [0.1, 0.15) is 25.1 Å². The summed E-state index contributed by atoms with van der Waals surface area (Å²) in [5.41, 5.74) is 7.45. The molecule has 0 aromatic carbocycles. The number of aryl methyl sites for hydroxylation is 2. The van der Waals surface area contributed by atoms with E-state index in [2.05, 4.69) is 5.10 Å². The molecule has 18 heavy (non-hydrogen) atoms. The fourth-order valence-corrected chi connectivity index (χ4v) is 2.95. The molecule has 1 heterocycles. The van der Waals surface area contributed by atoms with E-state index in [-0.39, 0.29) is 0 Å². The van der Waals surface area contributed by atoms with Crippen molar-refractivity contribution in [3.63, 3.8) is 0 Å². The molecule has 0 fully saturated rings. The smallest absolute Gasteiger partial charge is 0.321 e. The first-order valence-corrected chi connectivity index (χ1v) is 6.83. The molecule has 1 atom stereocenters. The summed E-state index contributed by atoms with van der Waals surface area (Å²) in [6.07, 6.45) is 0. The first-order chi connectivity index (χ1) is 8.16. The number of aromatic nitrogens is 2. The molecule has 0 bridgehead atoms. The summed E-state index contributed by atoms with van der Waals surface area (Å²) in [5.74, 6) is -0.409. The van der Waals surface area contributed by atoms with Crippen molar-refractivity contribution in [3.8, 4) is 0 Å². The van der Waals surface area contributed by atoms with E-state index in [0.717, 1.165) is 11.3 Å². The lowest BCUT2D eigenvalue weighted by molar-refractivity contribution is -0.139. The number of thioether (sulfide) groups is 1. The van der Waals surface area contributed by atoms with Crippen molar-refractivity contribution in [1.82, 2.24) is 9.78 Å². The molecule has 1 aromatic rings. The van der Waals surface area contributed by atoms with Crippen molar-refractivity contribution >= 4 is 29.3 Å². The molecule has 0 saturated carbocycles. The maximum Gasteiger partial charge on any atom is 0.321 e. The molecule has 1 rings (SSSR count). The molecule has 102 valence electrons. The summed E-state index contributed by atoms with van der Waals surface area (Å²) in [7, 11) is 1.78. The Bertz CT molecular complexity index is 459. The van der Waals surface area contributed by atoms with Gasteiger partial charge in [-0.3, -0.25) is 9.48 Å². The van der Waals surface area contributed by atoms with E-state index in [1.54, 1.807) is 11.7 Å². The van der Waals surface area contributed by atoms with Gasteiger partial charge in [-0.05, 0) is 20.8 Å². The van der Waals surface area contributed by atoms with Crippen LogP contribution in [0.4, 0.5) is 0 Å². The molecule has 0 radical (unpaired) electrons. The largest absolute Gasteiger partial charge is 0.480 e. The van der Waals surface area contributed by atoms with Crippen LogP contribution >= 0.6 is 23.4 Å². The van der Waals surface area contributed by atoms with Gasteiger partial charge in [0.2, 0.25) is 0 Å². The third-order valence-corrected chi connectivity index (χ3v) is 4.78. The maximum atomic E-state index is 10.9. The SMILES string of the molecule is Cc1nn(C)c(Cl)c1CSC(C)(C)[C@@H](N)C(=O)O. The van der Waals surface area contributed by atoms with Crippen molar-refractivity contribution in [3.05, 3.63) is 16.4 Å². The Morgan fingerprint density at radius 3 is 2.61 bits per heavy atom. The summed E-state index contributed by atoms with van der Waals surface area (Å²) in [6.45, 7) is 5.51. The third kappa shape index (κ3) is 3.18. The first kappa shape index (κ1) is 15.3. The minimum Gasteiger partial charge on any atom is -0.480 e. The maximum absolute atomic E-state index is 10.9. The van der Waals surface area contributed by atoms with Crippen molar-refractivity contribution in [2.75, 3.05) is 0 Å². The van der Waals surface area contributed by atoms with Gasteiger partial charge >= 0.3 is 5.97 Å². The van der Waals surface area contributed by atoms with Crippen molar-refractivity contribution in [2.24, 2.45) is 12.8 Å². The Balaban J connectivity index is 2.79. The van der Waals surface area contributed by atoms with E-state index in [0.29, 0.717) is 10.9 Å².